The Bertz CT molecular complexity index is 950. The van der Waals surface area contributed by atoms with Gasteiger partial charge in [-0.3, -0.25) is 10.1 Å². The van der Waals surface area contributed by atoms with Crippen LogP contribution in [0.2, 0.25) is 0 Å². The van der Waals surface area contributed by atoms with Gasteiger partial charge in [-0.25, -0.2) is 4.98 Å². The summed E-state index contributed by atoms with van der Waals surface area (Å²) in [6.45, 7) is 1.95. The molecule has 2 aromatic heterocycles. The molecule has 1 N–H and O–H groups in total. The third-order valence-electron chi connectivity index (χ3n) is 3.73. The number of nitro benzene ring substituents is 1. The number of aromatic nitrogens is 2. The Balaban J connectivity index is 1.89. The SMILES string of the molecule is Cc1cccc2nc(CNc3ccc([N+](=O)[O-])cc3C(F)(F)F)cn12. The molecule has 130 valence electrons. The van der Waals surface area contributed by atoms with Gasteiger partial charge in [0, 0.05) is 29.7 Å². The van der Waals surface area contributed by atoms with Crippen LogP contribution in [0, 0.1) is 17.0 Å². The topological polar surface area (TPSA) is 72.5 Å². The van der Waals surface area contributed by atoms with Crippen LogP contribution in [-0.2, 0) is 12.7 Å². The van der Waals surface area contributed by atoms with E-state index in [1.807, 2.05) is 23.5 Å². The van der Waals surface area contributed by atoms with Crippen molar-refractivity contribution in [1.82, 2.24) is 9.38 Å². The van der Waals surface area contributed by atoms with Gasteiger partial charge in [-0.2, -0.15) is 13.2 Å². The van der Waals surface area contributed by atoms with Gasteiger partial charge in [-0.05, 0) is 25.1 Å². The number of rotatable bonds is 4. The summed E-state index contributed by atoms with van der Waals surface area (Å²) in [5.41, 5.74) is 0.273. The Labute approximate surface area is 140 Å². The van der Waals surface area contributed by atoms with E-state index in [4.69, 9.17) is 0 Å². The van der Waals surface area contributed by atoms with E-state index in [1.165, 1.54) is 0 Å². The van der Waals surface area contributed by atoms with Crippen LogP contribution in [0.5, 0.6) is 0 Å². The molecule has 0 spiro atoms. The van der Waals surface area contributed by atoms with Crippen molar-refractivity contribution < 1.29 is 18.1 Å². The Morgan fingerprint density at radius 1 is 1.28 bits per heavy atom. The first-order chi connectivity index (χ1) is 11.8. The molecule has 0 bridgehead atoms. The minimum atomic E-state index is -4.70. The Morgan fingerprint density at radius 3 is 2.68 bits per heavy atom. The van der Waals surface area contributed by atoms with Crippen LogP contribution in [0.15, 0.2) is 42.6 Å². The summed E-state index contributed by atoms with van der Waals surface area (Å²) in [7, 11) is 0. The number of imidazole rings is 1. The van der Waals surface area contributed by atoms with E-state index >= 15 is 0 Å². The second kappa shape index (κ2) is 6.08. The van der Waals surface area contributed by atoms with E-state index in [2.05, 4.69) is 10.3 Å². The predicted molar refractivity (Wildman–Crippen MR) is 85.4 cm³/mol. The number of fused-ring (bicyclic) bond motifs is 1. The van der Waals surface area contributed by atoms with Crippen molar-refractivity contribution in [2.24, 2.45) is 0 Å². The van der Waals surface area contributed by atoms with E-state index in [-0.39, 0.29) is 12.2 Å². The van der Waals surface area contributed by atoms with Crippen LogP contribution < -0.4 is 5.32 Å². The van der Waals surface area contributed by atoms with E-state index in [9.17, 15) is 23.3 Å². The first-order valence-corrected chi connectivity index (χ1v) is 7.29. The molecule has 6 nitrogen and oxygen atoms in total. The van der Waals surface area contributed by atoms with Crippen LogP contribution >= 0.6 is 0 Å². The average Bonchev–Trinajstić information content (AvgIpc) is 2.96. The molecule has 1 aromatic carbocycles. The van der Waals surface area contributed by atoms with Gasteiger partial charge in [0.25, 0.3) is 5.69 Å². The summed E-state index contributed by atoms with van der Waals surface area (Å²) < 4.78 is 41.3. The summed E-state index contributed by atoms with van der Waals surface area (Å²) in [4.78, 5) is 14.2. The average molecular weight is 350 g/mol. The molecule has 0 unspecified atom stereocenters. The van der Waals surface area contributed by atoms with Crippen molar-refractivity contribution in [2.45, 2.75) is 19.6 Å². The zero-order valence-electron chi connectivity index (χ0n) is 13.0. The summed E-state index contributed by atoms with van der Waals surface area (Å²) in [5.74, 6) is 0. The number of nitro groups is 1. The van der Waals surface area contributed by atoms with E-state index < -0.39 is 22.4 Å². The number of nitrogens with zero attached hydrogens (tertiary/aromatic N) is 3. The summed E-state index contributed by atoms with van der Waals surface area (Å²) in [6.07, 6.45) is -2.97. The smallest absolute Gasteiger partial charge is 0.379 e. The lowest BCUT2D eigenvalue weighted by Gasteiger charge is -2.13. The summed E-state index contributed by atoms with van der Waals surface area (Å²) in [6, 6.07) is 8.14. The number of halogens is 3. The minimum absolute atomic E-state index is 0.0576. The molecular formula is C16H13F3N4O2. The number of aryl methyl sites for hydroxylation is 1. The zero-order valence-corrected chi connectivity index (χ0v) is 13.0. The molecular weight excluding hydrogens is 337 g/mol. The first kappa shape index (κ1) is 16.7. The number of hydrogen-bond donors (Lipinski definition) is 1. The highest BCUT2D eigenvalue weighted by Crippen LogP contribution is 2.37. The highest BCUT2D eigenvalue weighted by atomic mass is 19.4. The number of hydrogen-bond acceptors (Lipinski definition) is 4. The fraction of sp³-hybridized carbons (Fsp3) is 0.188. The molecule has 0 saturated carbocycles. The highest BCUT2D eigenvalue weighted by molar-refractivity contribution is 5.57. The predicted octanol–water partition coefficient (Wildman–Crippen LogP) is 4.18. The van der Waals surface area contributed by atoms with Crippen LogP contribution in [0.3, 0.4) is 0 Å². The van der Waals surface area contributed by atoms with Crippen molar-refractivity contribution in [1.29, 1.82) is 0 Å². The lowest BCUT2D eigenvalue weighted by Crippen LogP contribution is -2.11. The summed E-state index contributed by atoms with van der Waals surface area (Å²) in [5, 5.41) is 13.4. The van der Waals surface area contributed by atoms with E-state index in [0.717, 1.165) is 17.8 Å². The molecule has 3 rings (SSSR count). The highest BCUT2D eigenvalue weighted by Gasteiger charge is 2.35. The number of non-ortho nitro benzene ring substituents is 1. The minimum Gasteiger partial charge on any atom is -0.379 e. The van der Waals surface area contributed by atoms with Crippen molar-refractivity contribution in [3.05, 3.63) is 69.7 Å². The molecule has 2 heterocycles. The van der Waals surface area contributed by atoms with Gasteiger partial charge in [0.15, 0.2) is 0 Å². The van der Waals surface area contributed by atoms with Gasteiger partial charge >= 0.3 is 6.18 Å². The molecule has 25 heavy (non-hydrogen) atoms. The number of anilines is 1. The number of pyridine rings is 1. The van der Waals surface area contributed by atoms with Crippen molar-refractivity contribution in [3.63, 3.8) is 0 Å². The van der Waals surface area contributed by atoms with E-state index in [1.54, 1.807) is 12.3 Å². The maximum absolute atomic E-state index is 13.2. The van der Waals surface area contributed by atoms with Crippen molar-refractivity contribution >= 4 is 17.0 Å². The molecule has 0 amide bonds. The molecule has 0 aliphatic carbocycles. The fourth-order valence-electron chi connectivity index (χ4n) is 2.50. The molecule has 0 fully saturated rings. The maximum atomic E-state index is 13.2. The van der Waals surface area contributed by atoms with Crippen LogP contribution in [-0.4, -0.2) is 14.3 Å². The normalized spacial score (nSPS) is 11.7. The third kappa shape index (κ3) is 3.39. The molecule has 0 radical (unpaired) electrons. The fourth-order valence-corrected chi connectivity index (χ4v) is 2.50. The van der Waals surface area contributed by atoms with E-state index in [0.29, 0.717) is 17.4 Å². The van der Waals surface area contributed by atoms with Crippen LogP contribution in [0.1, 0.15) is 17.0 Å². The van der Waals surface area contributed by atoms with Gasteiger partial charge in [0.05, 0.1) is 22.7 Å². The van der Waals surface area contributed by atoms with Gasteiger partial charge < -0.3 is 9.72 Å². The zero-order chi connectivity index (χ0) is 18.2. The molecule has 0 aliphatic rings. The second-order valence-electron chi connectivity index (χ2n) is 5.47. The monoisotopic (exact) mass is 350 g/mol. The number of nitrogens with one attached hydrogen (secondary N) is 1. The third-order valence-corrected chi connectivity index (χ3v) is 3.73. The van der Waals surface area contributed by atoms with Gasteiger partial charge in [0.1, 0.15) is 5.65 Å². The number of benzene rings is 1. The second-order valence-corrected chi connectivity index (χ2v) is 5.47. The standard InChI is InChI=1S/C16H13F3N4O2/c1-10-3-2-4-15-21-11(9-22(10)15)8-20-14-6-5-12(23(24)25)7-13(14)16(17,18)19/h2-7,9,20H,8H2,1H3. The van der Waals surface area contributed by atoms with Crippen LogP contribution in [0.4, 0.5) is 24.5 Å². The van der Waals surface area contributed by atoms with Crippen LogP contribution in [0.25, 0.3) is 5.65 Å². The van der Waals surface area contributed by atoms with Crippen molar-refractivity contribution in [3.8, 4) is 0 Å². The molecule has 0 aliphatic heterocycles. The molecule has 0 saturated heterocycles. The quantitative estimate of drug-likeness (QED) is 0.566. The Kier molecular flexibility index (Phi) is 4.07. The lowest BCUT2D eigenvalue weighted by atomic mass is 10.1. The van der Waals surface area contributed by atoms with Gasteiger partial charge in [0.2, 0.25) is 0 Å². The largest absolute Gasteiger partial charge is 0.418 e. The maximum Gasteiger partial charge on any atom is 0.418 e. The molecule has 3 aromatic rings. The van der Waals surface area contributed by atoms with Gasteiger partial charge in [-0.1, -0.05) is 6.07 Å². The van der Waals surface area contributed by atoms with Crippen molar-refractivity contribution in [2.75, 3.05) is 5.32 Å². The van der Waals surface area contributed by atoms with Gasteiger partial charge in [-0.15, -0.1) is 0 Å². The summed E-state index contributed by atoms with van der Waals surface area (Å²) >= 11 is 0. The molecule has 9 heteroatoms. The first-order valence-electron chi connectivity index (χ1n) is 7.29. The number of alkyl halides is 3. The molecule has 0 atom stereocenters. The Hall–Kier alpha value is -3.10. The Morgan fingerprint density at radius 2 is 2.04 bits per heavy atom. The lowest BCUT2D eigenvalue weighted by molar-refractivity contribution is -0.385.